The minimum absolute atomic E-state index is 0.0783. The molecule has 2 aromatic rings. The lowest BCUT2D eigenvalue weighted by Crippen LogP contribution is -2.41. The van der Waals surface area contributed by atoms with Crippen LogP contribution < -0.4 is 15.4 Å². The van der Waals surface area contributed by atoms with Crippen LogP contribution in [0.4, 0.5) is 11.4 Å². The zero-order chi connectivity index (χ0) is 24.6. The van der Waals surface area contributed by atoms with Crippen molar-refractivity contribution in [3.63, 3.8) is 0 Å². The molecule has 1 atom stereocenters. The van der Waals surface area contributed by atoms with Gasteiger partial charge in [-0.15, -0.1) is 0 Å². The Balaban J connectivity index is 1.46. The van der Waals surface area contributed by atoms with Gasteiger partial charge in [-0.2, -0.15) is 4.31 Å². The number of hydrogen-bond acceptors (Lipinski definition) is 5. The van der Waals surface area contributed by atoms with Crippen molar-refractivity contribution in [1.29, 1.82) is 0 Å². The number of nitrogens with zero attached hydrogens (tertiary/aromatic N) is 1. The van der Waals surface area contributed by atoms with E-state index in [2.05, 4.69) is 10.6 Å². The number of nitrogens with one attached hydrogen (secondary N) is 2. The Kier molecular flexibility index (Phi) is 6.69. The van der Waals surface area contributed by atoms with Crippen LogP contribution >= 0.6 is 0 Å². The van der Waals surface area contributed by atoms with E-state index < -0.39 is 16.1 Å². The summed E-state index contributed by atoms with van der Waals surface area (Å²) in [5, 5.41) is 5.79. The highest BCUT2D eigenvalue weighted by Crippen LogP contribution is 2.36. The molecule has 4 rings (SSSR count). The predicted molar refractivity (Wildman–Crippen MR) is 131 cm³/mol. The summed E-state index contributed by atoms with van der Waals surface area (Å²) < 4.78 is 34.1. The van der Waals surface area contributed by atoms with E-state index in [-0.39, 0.29) is 35.7 Å². The molecule has 2 heterocycles. The maximum absolute atomic E-state index is 13.4. The van der Waals surface area contributed by atoms with Crippen molar-refractivity contribution < 1.29 is 22.7 Å². The molecule has 0 aromatic heterocycles. The zero-order valence-electron chi connectivity index (χ0n) is 20.0. The number of aryl methyl sites for hydroxylation is 2. The summed E-state index contributed by atoms with van der Waals surface area (Å²) in [5.41, 5.74) is 3.94. The number of carbonyl (C=O) groups is 2. The SMILES string of the molecule is CC[C@H]1Oc2cc(S(=O)(=O)N3CCC(C(=O)Nc4cccc(C)c4C)CC3)c(C)cc2NC1=O. The van der Waals surface area contributed by atoms with Crippen LogP contribution in [0.25, 0.3) is 0 Å². The van der Waals surface area contributed by atoms with Gasteiger partial charge in [0.2, 0.25) is 15.9 Å². The Hall–Kier alpha value is -2.91. The van der Waals surface area contributed by atoms with Gasteiger partial charge in [-0.1, -0.05) is 19.1 Å². The molecule has 0 spiro atoms. The lowest BCUT2D eigenvalue weighted by Gasteiger charge is -2.32. The minimum Gasteiger partial charge on any atom is -0.478 e. The van der Waals surface area contributed by atoms with Gasteiger partial charge >= 0.3 is 0 Å². The normalized spacial score (nSPS) is 19.2. The predicted octanol–water partition coefficient (Wildman–Crippen LogP) is 3.76. The van der Waals surface area contributed by atoms with Crippen molar-refractivity contribution >= 4 is 33.2 Å². The summed E-state index contributed by atoms with van der Waals surface area (Å²) in [6, 6.07) is 8.92. The second kappa shape index (κ2) is 9.38. The van der Waals surface area contributed by atoms with Gasteiger partial charge in [0.05, 0.1) is 10.6 Å². The Morgan fingerprint density at radius 3 is 2.53 bits per heavy atom. The number of amides is 2. The first-order chi connectivity index (χ1) is 16.1. The molecule has 0 unspecified atom stereocenters. The fourth-order valence-electron chi connectivity index (χ4n) is 4.45. The van der Waals surface area contributed by atoms with Gasteiger partial charge < -0.3 is 15.4 Å². The topological polar surface area (TPSA) is 105 Å². The lowest BCUT2D eigenvalue weighted by atomic mass is 9.97. The fourth-order valence-corrected chi connectivity index (χ4v) is 6.14. The van der Waals surface area contributed by atoms with Crippen molar-refractivity contribution in [3.05, 3.63) is 47.0 Å². The number of benzene rings is 2. The third-order valence-corrected chi connectivity index (χ3v) is 8.81. The van der Waals surface area contributed by atoms with E-state index >= 15 is 0 Å². The average molecular weight is 486 g/mol. The third-order valence-electron chi connectivity index (χ3n) is 6.77. The first-order valence-electron chi connectivity index (χ1n) is 11.6. The molecule has 182 valence electrons. The lowest BCUT2D eigenvalue weighted by molar-refractivity contribution is -0.123. The molecule has 1 fully saturated rings. The third kappa shape index (κ3) is 4.54. The molecular weight excluding hydrogens is 454 g/mol. The standard InChI is InChI=1S/C25H31N3O5S/c1-5-21-25(30)27-20-13-16(3)23(14-22(20)33-21)34(31,32)28-11-9-18(10-12-28)24(29)26-19-8-6-7-15(2)17(19)4/h6-8,13-14,18,21H,5,9-12H2,1-4H3,(H,26,29)(H,27,30)/t21-/m1/s1. The highest BCUT2D eigenvalue weighted by molar-refractivity contribution is 7.89. The van der Waals surface area contributed by atoms with Gasteiger partial charge in [0.1, 0.15) is 5.75 Å². The first-order valence-corrected chi connectivity index (χ1v) is 13.0. The van der Waals surface area contributed by atoms with Gasteiger partial charge in [-0.3, -0.25) is 9.59 Å². The summed E-state index contributed by atoms with van der Waals surface area (Å²) in [4.78, 5) is 25.1. The molecule has 8 nitrogen and oxygen atoms in total. The summed E-state index contributed by atoms with van der Waals surface area (Å²) in [6.45, 7) is 8.03. The summed E-state index contributed by atoms with van der Waals surface area (Å²) >= 11 is 0. The van der Waals surface area contributed by atoms with Crippen molar-refractivity contribution in [2.24, 2.45) is 5.92 Å². The van der Waals surface area contributed by atoms with Crippen molar-refractivity contribution in [2.75, 3.05) is 23.7 Å². The Morgan fingerprint density at radius 2 is 1.85 bits per heavy atom. The van der Waals surface area contributed by atoms with Crippen LogP contribution in [0.3, 0.4) is 0 Å². The second-order valence-corrected chi connectivity index (χ2v) is 10.9. The van der Waals surface area contributed by atoms with Crippen LogP contribution in [0.5, 0.6) is 5.75 Å². The van der Waals surface area contributed by atoms with Crippen LogP contribution in [-0.4, -0.2) is 43.7 Å². The molecule has 9 heteroatoms. The van der Waals surface area contributed by atoms with Crippen LogP contribution in [-0.2, 0) is 19.6 Å². The van der Waals surface area contributed by atoms with E-state index in [9.17, 15) is 18.0 Å². The number of hydrogen-bond donors (Lipinski definition) is 2. The van der Waals surface area contributed by atoms with Crippen molar-refractivity contribution in [2.45, 2.75) is 58.0 Å². The van der Waals surface area contributed by atoms with E-state index in [4.69, 9.17) is 4.74 Å². The number of anilines is 2. The molecule has 1 saturated heterocycles. The van der Waals surface area contributed by atoms with E-state index in [0.717, 1.165) is 16.8 Å². The van der Waals surface area contributed by atoms with Crippen LogP contribution in [0.2, 0.25) is 0 Å². The molecule has 2 amide bonds. The summed E-state index contributed by atoms with van der Waals surface area (Å²) in [6.07, 6.45) is 0.741. The van der Waals surface area contributed by atoms with Crippen LogP contribution in [0, 0.1) is 26.7 Å². The van der Waals surface area contributed by atoms with Gasteiger partial charge in [-0.25, -0.2) is 8.42 Å². The quantitative estimate of drug-likeness (QED) is 0.671. The van der Waals surface area contributed by atoms with Crippen LogP contribution in [0.1, 0.15) is 42.9 Å². The van der Waals surface area contributed by atoms with E-state index in [1.54, 1.807) is 13.0 Å². The zero-order valence-corrected chi connectivity index (χ0v) is 20.8. The smallest absolute Gasteiger partial charge is 0.265 e. The molecular formula is C25H31N3O5S. The van der Waals surface area contributed by atoms with E-state index in [1.165, 1.54) is 10.4 Å². The number of carbonyl (C=O) groups excluding carboxylic acids is 2. The monoisotopic (exact) mass is 485 g/mol. The number of fused-ring (bicyclic) bond motifs is 1. The van der Waals surface area contributed by atoms with Crippen LogP contribution in [0.15, 0.2) is 35.2 Å². The molecule has 2 N–H and O–H groups in total. The second-order valence-electron chi connectivity index (χ2n) is 9.03. The van der Waals surface area contributed by atoms with Gasteiger partial charge in [0.25, 0.3) is 5.91 Å². The molecule has 2 aromatic carbocycles. The number of sulfonamides is 1. The maximum Gasteiger partial charge on any atom is 0.265 e. The fraction of sp³-hybridized carbons (Fsp3) is 0.440. The molecule has 0 aliphatic carbocycles. The van der Waals surface area contributed by atoms with Gasteiger partial charge in [-0.05, 0) is 68.9 Å². The number of ether oxygens (including phenoxy) is 1. The molecule has 2 aliphatic rings. The first kappa shape index (κ1) is 24.2. The molecule has 0 saturated carbocycles. The Labute approximate surface area is 200 Å². The average Bonchev–Trinajstić information content (AvgIpc) is 2.81. The van der Waals surface area contributed by atoms with Gasteiger partial charge in [0.15, 0.2) is 6.10 Å². The number of piperidine rings is 1. The molecule has 0 bridgehead atoms. The molecule has 2 aliphatic heterocycles. The molecule has 34 heavy (non-hydrogen) atoms. The highest BCUT2D eigenvalue weighted by Gasteiger charge is 2.35. The summed E-state index contributed by atoms with van der Waals surface area (Å²) in [7, 11) is -3.78. The largest absolute Gasteiger partial charge is 0.478 e. The Bertz CT molecular complexity index is 1230. The Morgan fingerprint density at radius 1 is 1.15 bits per heavy atom. The maximum atomic E-state index is 13.4. The van der Waals surface area contributed by atoms with E-state index in [1.807, 2.05) is 39.0 Å². The minimum atomic E-state index is -3.78. The highest BCUT2D eigenvalue weighted by atomic mass is 32.2. The van der Waals surface area contributed by atoms with E-state index in [0.29, 0.717) is 36.3 Å². The number of rotatable bonds is 5. The molecule has 0 radical (unpaired) electrons. The summed E-state index contributed by atoms with van der Waals surface area (Å²) in [5.74, 6) is -0.199. The van der Waals surface area contributed by atoms with Crippen molar-refractivity contribution in [1.82, 2.24) is 4.31 Å². The van der Waals surface area contributed by atoms with Crippen molar-refractivity contribution in [3.8, 4) is 5.75 Å². The van der Waals surface area contributed by atoms with Gasteiger partial charge in [0, 0.05) is 30.8 Å².